The van der Waals surface area contributed by atoms with E-state index in [1.54, 1.807) is 4.68 Å². The van der Waals surface area contributed by atoms with Gasteiger partial charge >= 0.3 is 0 Å². The lowest BCUT2D eigenvalue weighted by Gasteiger charge is -2.13. The van der Waals surface area contributed by atoms with Gasteiger partial charge in [0.15, 0.2) is 0 Å². The maximum atomic E-state index is 11.9. The van der Waals surface area contributed by atoms with Crippen molar-refractivity contribution >= 4 is 0 Å². The molecule has 1 aromatic rings. The van der Waals surface area contributed by atoms with Crippen LogP contribution in [0.15, 0.2) is 10.9 Å². The highest BCUT2D eigenvalue weighted by molar-refractivity contribution is 5.15. The van der Waals surface area contributed by atoms with Crippen molar-refractivity contribution in [1.82, 2.24) is 9.78 Å². The third-order valence-electron chi connectivity index (χ3n) is 2.42. The molecule has 0 saturated heterocycles. The van der Waals surface area contributed by atoms with Gasteiger partial charge in [-0.05, 0) is 17.9 Å². The molecular formula is C12H21N3O. The van der Waals surface area contributed by atoms with Gasteiger partial charge in [-0.3, -0.25) is 4.79 Å². The first-order valence-corrected chi connectivity index (χ1v) is 5.76. The summed E-state index contributed by atoms with van der Waals surface area (Å²) in [5.74, 6) is 0.711. The molecular weight excluding hydrogens is 202 g/mol. The summed E-state index contributed by atoms with van der Waals surface area (Å²) in [7, 11) is 0. The van der Waals surface area contributed by atoms with Crippen LogP contribution in [0.5, 0.6) is 0 Å². The summed E-state index contributed by atoms with van der Waals surface area (Å²) in [6.45, 7) is 9.18. The van der Waals surface area contributed by atoms with Crippen LogP contribution in [-0.2, 0) is 13.1 Å². The van der Waals surface area contributed by atoms with Crippen LogP contribution in [-0.4, -0.2) is 9.78 Å². The first kappa shape index (κ1) is 12.9. The first-order chi connectivity index (χ1) is 7.45. The van der Waals surface area contributed by atoms with E-state index in [2.05, 4.69) is 32.8 Å². The number of rotatable bonds is 4. The van der Waals surface area contributed by atoms with Crippen LogP contribution in [0, 0.1) is 5.92 Å². The molecule has 0 bridgehead atoms. The molecule has 1 heterocycles. The largest absolute Gasteiger partial charge is 0.326 e. The van der Waals surface area contributed by atoms with Gasteiger partial charge in [0.2, 0.25) is 0 Å². The highest BCUT2D eigenvalue weighted by atomic mass is 16.1. The fourth-order valence-corrected chi connectivity index (χ4v) is 1.52. The van der Waals surface area contributed by atoms with E-state index >= 15 is 0 Å². The van der Waals surface area contributed by atoms with Crippen LogP contribution in [0.4, 0.5) is 0 Å². The molecule has 0 aromatic carbocycles. The average molecular weight is 223 g/mol. The lowest BCUT2D eigenvalue weighted by atomic mass is 10.1. The molecule has 0 fully saturated rings. The van der Waals surface area contributed by atoms with E-state index in [0.717, 1.165) is 5.69 Å². The van der Waals surface area contributed by atoms with Gasteiger partial charge in [0.25, 0.3) is 5.56 Å². The Balaban J connectivity index is 3.24. The number of nitrogens with zero attached hydrogens (tertiary/aromatic N) is 2. The van der Waals surface area contributed by atoms with Crippen LogP contribution in [0.1, 0.15) is 44.9 Å². The van der Waals surface area contributed by atoms with Gasteiger partial charge in [0, 0.05) is 18.7 Å². The predicted octanol–water partition coefficient (Wildman–Crippen LogP) is 1.48. The third-order valence-corrected chi connectivity index (χ3v) is 2.42. The second-order valence-corrected chi connectivity index (χ2v) is 4.83. The molecule has 4 nitrogen and oxygen atoms in total. The summed E-state index contributed by atoms with van der Waals surface area (Å²) in [5, 5.41) is 4.37. The van der Waals surface area contributed by atoms with Crippen LogP contribution >= 0.6 is 0 Å². The van der Waals surface area contributed by atoms with Crippen LogP contribution in [0.2, 0.25) is 0 Å². The molecule has 0 aliphatic heterocycles. The van der Waals surface area contributed by atoms with Crippen molar-refractivity contribution in [3.8, 4) is 0 Å². The van der Waals surface area contributed by atoms with Gasteiger partial charge in [0.1, 0.15) is 0 Å². The lowest BCUT2D eigenvalue weighted by Crippen LogP contribution is -2.30. The summed E-state index contributed by atoms with van der Waals surface area (Å²) in [5.41, 5.74) is 7.11. The van der Waals surface area contributed by atoms with Gasteiger partial charge in [-0.1, -0.05) is 27.7 Å². The molecule has 0 unspecified atom stereocenters. The highest BCUT2D eigenvalue weighted by Gasteiger charge is 2.10. The zero-order valence-corrected chi connectivity index (χ0v) is 10.5. The number of aromatic nitrogens is 2. The van der Waals surface area contributed by atoms with Crippen LogP contribution < -0.4 is 11.3 Å². The topological polar surface area (TPSA) is 60.9 Å². The minimum absolute atomic E-state index is 0.0550. The van der Waals surface area contributed by atoms with Crippen molar-refractivity contribution in [3.63, 3.8) is 0 Å². The second-order valence-electron chi connectivity index (χ2n) is 4.83. The molecule has 0 atom stereocenters. The first-order valence-electron chi connectivity index (χ1n) is 5.76. The van der Waals surface area contributed by atoms with Crippen molar-refractivity contribution in [2.24, 2.45) is 11.7 Å². The van der Waals surface area contributed by atoms with E-state index in [4.69, 9.17) is 5.73 Å². The fourth-order valence-electron chi connectivity index (χ4n) is 1.52. The molecule has 0 spiro atoms. The van der Waals surface area contributed by atoms with E-state index < -0.39 is 0 Å². The molecule has 0 aliphatic carbocycles. The molecule has 0 radical (unpaired) electrons. The zero-order chi connectivity index (χ0) is 12.3. The van der Waals surface area contributed by atoms with Crippen molar-refractivity contribution in [2.75, 3.05) is 0 Å². The molecule has 90 valence electrons. The highest BCUT2D eigenvalue weighted by Crippen LogP contribution is 2.10. The average Bonchev–Trinajstić information content (AvgIpc) is 2.20. The van der Waals surface area contributed by atoms with Gasteiger partial charge in [-0.15, -0.1) is 0 Å². The van der Waals surface area contributed by atoms with Gasteiger partial charge in [-0.25, -0.2) is 4.68 Å². The summed E-state index contributed by atoms with van der Waals surface area (Å²) in [4.78, 5) is 11.9. The van der Waals surface area contributed by atoms with E-state index in [0.29, 0.717) is 23.9 Å². The summed E-state index contributed by atoms with van der Waals surface area (Å²) in [6.07, 6.45) is 0. The predicted molar refractivity (Wildman–Crippen MR) is 65.3 cm³/mol. The number of hydrogen-bond donors (Lipinski definition) is 1. The molecule has 4 heteroatoms. The SMILES string of the molecule is CC(C)Cn1nc(C(C)C)cc(CN)c1=O. The van der Waals surface area contributed by atoms with Gasteiger partial charge in [-0.2, -0.15) is 5.10 Å². The molecule has 0 aliphatic rings. The van der Waals surface area contributed by atoms with E-state index in [1.165, 1.54) is 0 Å². The Labute approximate surface area is 96.5 Å². The molecule has 16 heavy (non-hydrogen) atoms. The quantitative estimate of drug-likeness (QED) is 0.841. The minimum Gasteiger partial charge on any atom is -0.326 e. The van der Waals surface area contributed by atoms with Crippen LogP contribution in [0.25, 0.3) is 0 Å². The Bertz CT molecular complexity index is 407. The van der Waals surface area contributed by atoms with Gasteiger partial charge in [0.05, 0.1) is 5.69 Å². The normalized spacial score (nSPS) is 11.4. The van der Waals surface area contributed by atoms with Crippen molar-refractivity contribution in [3.05, 3.63) is 27.7 Å². The van der Waals surface area contributed by atoms with E-state index in [-0.39, 0.29) is 12.1 Å². The Morgan fingerprint density at radius 3 is 2.44 bits per heavy atom. The Morgan fingerprint density at radius 1 is 1.38 bits per heavy atom. The number of nitrogens with two attached hydrogens (primary N) is 1. The molecule has 1 rings (SSSR count). The summed E-state index contributed by atoms with van der Waals surface area (Å²) >= 11 is 0. The second kappa shape index (κ2) is 5.25. The monoisotopic (exact) mass is 223 g/mol. The molecule has 2 N–H and O–H groups in total. The fraction of sp³-hybridized carbons (Fsp3) is 0.667. The molecule has 1 aromatic heterocycles. The van der Waals surface area contributed by atoms with Crippen molar-refractivity contribution < 1.29 is 0 Å². The number of hydrogen-bond acceptors (Lipinski definition) is 3. The van der Waals surface area contributed by atoms with Gasteiger partial charge < -0.3 is 5.73 Å². The third kappa shape index (κ3) is 2.92. The lowest BCUT2D eigenvalue weighted by molar-refractivity contribution is 0.452. The minimum atomic E-state index is -0.0550. The summed E-state index contributed by atoms with van der Waals surface area (Å²) in [6, 6.07) is 1.82. The Hall–Kier alpha value is -1.16. The molecule has 0 amide bonds. The Morgan fingerprint density at radius 2 is 2.00 bits per heavy atom. The summed E-state index contributed by atoms with van der Waals surface area (Å²) < 4.78 is 1.54. The van der Waals surface area contributed by atoms with E-state index in [1.807, 2.05) is 6.07 Å². The maximum Gasteiger partial charge on any atom is 0.271 e. The van der Waals surface area contributed by atoms with Crippen LogP contribution in [0.3, 0.4) is 0 Å². The Kier molecular flexibility index (Phi) is 4.24. The smallest absolute Gasteiger partial charge is 0.271 e. The van der Waals surface area contributed by atoms with Crippen molar-refractivity contribution in [2.45, 2.75) is 46.7 Å². The maximum absolute atomic E-state index is 11.9. The van der Waals surface area contributed by atoms with E-state index in [9.17, 15) is 4.79 Å². The van der Waals surface area contributed by atoms with Crippen molar-refractivity contribution in [1.29, 1.82) is 0 Å². The zero-order valence-electron chi connectivity index (χ0n) is 10.5. The standard InChI is InChI=1S/C12H21N3O/c1-8(2)7-15-12(16)10(6-13)5-11(14-15)9(3)4/h5,8-9H,6-7,13H2,1-4H3. The molecule has 0 saturated carbocycles.